The zero-order valence-corrected chi connectivity index (χ0v) is 14.2. The Morgan fingerprint density at radius 2 is 2.00 bits per heavy atom. The molecule has 0 aliphatic rings. The lowest BCUT2D eigenvalue weighted by atomic mass is 10.2. The second kappa shape index (κ2) is 6.08. The van der Waals surface area contributed by atoms with Crippen molar-refractivity contribution in [3.8, 4) is 0 Å². The van der Waals surface area contributed by atoms with E-state index in [1.165, 1.54) is 15.0 Å². The van der Waals surface area contributed by atoms with Gasteiger partial charge in [-0.05, 0) is 51.1 Å². The summed E-state index contributed by atoms with van der Waals surface area (Å²) < 4.78 is 2.25. The maximum Gasteiger partial charge on any atom is 0.0701 e. The van der Waals surface area contributed by atoms with Crippen molar-refractivity contribution < 1.29 is 0 Å². The molecule has 0 atom stereocenters. The molecule has 0 aliphatic heterocycles. The topological polar surface area (TPSA) is 15.3 Å². The SMILES string of the molecule is CN(C)c1ccc(Br)cc1NCc1csc(Br)c1. The predicted molar refractivity (Wildman–Crippen MR) is 87.8 cm³/mol. The van der Waals surface area contributed by atoms with Crippen LogP contribution in [0.5, 0.6) is 0 Å². The molecule has 2 nitrogen and oxygen atoms in total. The lowest BCUT2D eigenvalue weighted by Crippen LogP contribution is -2.12. The Bertz CT molecular complexity index is 538. The van der Waals surface area contributed by atoms with Crippen molar-refractivity contribution in [3.05, 3.63) is 43.5 Å². The number of hydrogen-bond donors (Lipinski definition) is 1. The molecule has 5 heteroatoms. The average Bonchev–Trinajstić information content (AvgIpc) is 2.72. The summed E-state index contributed by atoms with van der Waals surface area (Å²) in [5.41, 5.74) is 3.61. The molecule has 2 aromatic rings. The Labute approximate surface area is 128 Å². The van der Waals surface area contributed by atoms with Gasteiger partial charge in [-0.25, -0.2) is 0 Å². The third-order valence-electron chi connectivity index (χ3n) is 2.55. The van der Waals surface area contributed by atoms with Gasteiger partial charge in [0.2, 0.25) is 0 Å². The Balaban J connectivity index is 2.15. The number of hydrogen-bond acceptors (Lipinski definition) is 3. The summed E-state index contributed by atoms with van der Waals surface area (Å²) in [5, 5.41) is 5.64. The number of thiophene rings is 1. The molecule has 0 saturated heterocycles. The normalized spacial score (nSPS) is 10.4. The number of halogens is 2. The van der Waals surface area contributed by atoms with Crippen molar-refractivity contribution in [2.75, 3.05) is 24.3 Å². The summed E-state index contributed by atoms with van der Waals surface area (Å²) in [5.74, 6) is 0. The first-order valence-corrected chi connectivity index (χ1v) is 7.96. The standard InChI is InChI=1S/C13H14Br2N2S/c1-17(2)12-4-3-10(14)6-11(12)16-7-9-5-13(15)18-8-9/h3-6,8,16H,7H2,1-2H3. The molecule has 0 aliphatic carbocycles. The van der Waals surface area contributed by atoms with Crippen molar-refractivity contribution in [2.24, 2.45) is 0 Å². The highest BCUT2D eigenvalue weighted by atomic mass is 79.9. The minimum Gasteiger partial charge on any atom is -0.379 e. The van der Waals surface area contributed by atoms with E-state index in [0.29, 0.717) is 0 Å². The molecule has 0 saturated carbocycles. The van der Waals surface area contributed by atoms with E-state index in [-0.39, 0.29) is 0 Å². The fraction of sp³-hybridized carbons (Fsp3) is 0.231. The van der Waals surface area contributed by atoms with Crippen molar-refractivity contribution >= 4 is 54.6 Å². The van der Waals surface area contributed by atoms with Gasteiger partial charge in [0.15, 0.2) is 0 Å². The molecule has 0 amide bonds. The summed E-state index contributed by atoms with van der Waals surface area (Å²) in [6, 6.07) is 8.42. The lowest BCUT2D eigenvalue weighted by Gasteiger charge is -2.18. The number of rotatable bonds is 4. The summed E-state index contributed by atoms with van der Waals surface area (Å²) >= 11 is 8.70. The monoisotopic (exact) mass is 388 g/mol. The first kappa shape index (κ1) is 13.9. The third-order valence-corrected chi connectivity index (χ3v) is 4.59. The van der Waals surface area contributed by atoms with Crippen molar-refractivity contribution in [1.82, 2.24) is 0 Å². The number of benzene rings is 1. The van der Waals surface area contributed by atoms with Gasteiger partial charge in [0.05, 0.1) is 15.2 Å². The molecule has 0 unspecified atom stereocenters. The Morgan fingerprint density at radius 3 is 2.61 bits per heavy atom. The first-order valence-electron chi connectivity index (χ1n) is 5.50. The van der Waals surface area contributed by atoms with Gasteiger partial charge in [0, 0.05) is 25.1 Å². The van der Waals surface area contributed by atoms with Gasteiger partial charge in [-0.1, -0.05) is 15.9 Å². The van der Waals surface area contributed by atoms with Crippen LogP contribution in [-0.2, 0) is 6.54 Å². The molecule has 1 aromatic heterocycles. The van der Waals surface area contributed by atoms with Crippen LogP contribution in [0.2, 0.25) is 0 Å². The molecule has 1 heterocycles. The quantitative estimate of drug-likeness (QED) is 0.795. The molecule has 0 spiro atoms. The van der Waals surface area contributed by atoms with Crippen LogP contribution in [0.25, 0.3) is 0 Å². The van der Waals surface area contributed by atoms with Crippen LogP contribution in [0.1, 0.15) is 5.56 Å². The van der Waals surface area contributed by atoms with Crippen LogP contribution in [0, 0.1) is 0 Å². The van der Waals surface area contributed by atoms with E-state index in [0.717, 1.165) is 16.7 Å². The maximum atomic E-state index is 3.51. The van der Waals surface area contributed by atoms with Crippen LogP contribution in [0.15, 0.2) is 37.9 Å². The van der Waals surface area contributed by atoms with Crippen LogP contribution in [0.4, 0.5) is 11.4 Å². The predicted octanol–water partition coefficient (Wildman–Crippen LogP) is 4.95. The molecular weight excluding hydrogens is 376 g/mol. The van der Waals surface area contributed by atoms with Crippen LogP contribution in [-0.4, -0.2) is 14.1 Å². The fourth-order valence-electron chi connectivity index (χ4n) is 1.68. The van der Waals surface area contributed by atoms with Crippen LogP contribution >= 0.6 is 43.2 Å². The van der Waals surface area contributed by atoms with E-state index < -0.39 is 0 Å². The van der Waals surface area contributed by atoms with Gasteiger partial charge < -0.3 is 10.2 Å². The van der Waals surface area contributed by atoms with Gasteiger partial charge in [-0.3, -0.25) is 0 Å². The van der Waals surface area contributed by atoms with E-state index in [9.17, 15) is 0 Å². The molecule has 0 bridgehead atoms. The summed E-state index contributed by atoms with van der Waals surface area (Å²) in [7, 11) is 4.10. The Kier molecular flexibility index (Phi) is 4.70. The Morgan fingerprint density at radius 1 is 1.22 bits per heavy atom. The highest BCUT2D eigenvalue weighted by molar-refractivity contribution is 9.11. The van der Waals surface area contributed by atoms with E-state index >= 15 is 0 Å². The number of nitrogens with one attached hydrogen (secondary N) is 1. The van der Waals surface area contributed by atoms with Crippen LogP contribution < -0.4 is 10.2 Å². The van der Waals surface area contributed by atoms with Crippen LogP contribution in [0.3, 0.4) is 0 Å². The van der Waals surface area contributed by atoms with E-state index in [1.54, 1.807) is 11.3 Å². The van der Waals surface area contributed by atoms with Gasteiger partial charge in [-0.2, -0.15) is 0 Å². The van der Waals surface area contributed by atoms with Crippen molar-refractivity contribution in [2.45, 2.75) is 6.54 Å². The molecular formula is C13H14Br2N2S. The molecule has 96 valence electrons. The largest absolute Gasteiger partial charge is 0.379 e. The molecule has 1 aromatic carbocycles. The van der Waals surface area contributed by atoms with E-state index in [1.807, 2.05) is 0 Å². The lowest BCUT2D eigenvalue weighted by molar-refractivity contribution is 1.10. The van der Waals surface area contributed by atoms with Gasteiger partial charge in [-0.15, -0.1) is 11.3 Å². The highest BCUT2D eigenvalue weighted by Crippen LogP contribution is 2.29. The fourth-order valence-corrected chi connectivity index (χ4v) is 3.25. The molecule has 1 N–H and O–H groups in total. The summed E-state index contributed by atoms with van der Waals surface area (Å²) in [6.45, 7) is 0.833. The summed E-state index contributed by atoms with van der Waals surface area (Å²) in [6.07, 6.45) is 0. The number of anilines is 2. The molecule has 2 rings (SSSR count). The highest BCUT2D eigenvalue weighted by Gasteiger charge is 2.05. The molecule has 18 heavy (non-hydrogen) atoms. The van der Waals surface area contributed by atoms with Gasteiger partial charge in [0.1, 0.15) is 0 Å². The van der Waals surface area contributed by atoms with E-state index in [4.69, 9.17) is 0 Å². The van der Waals surface area contributed by atoms with Gasteiger partial charge in [0.25, 0.3) is 0 Å². The average molecular weight is 390 g/mol. The molecule has 0 radical (unpaired) electrons. The van der Waals surface area contributed by atoms with Crippen molar-refractivity contribution in [1.29, 1.82) is 0 Å². The third kappa shape index (κ3) is 3.49. The molecule has 0 fully saturated rings. The minimum absolute atomic E-state index is 0.833. The summed E-state index contributed by atoms with van der Waals surface area (Å²) in [4.78, 5) is 2.11. The first-order chi connectivity index (χ1) is 8.56. The second-order valence-corrected chi connectivity index (χ2v) is 7.37. The number of nitrogens with zero attached hydrogens (tertiary/aromatic N) is 1. The Hall–Kier alpha value is -0.520. The van der Waals surface area contributed by atoms with Gasteiger partial charge >= 0.3 is 0 Å². The minimum atomic E-state index is 0.833. The zero-order valence-electron chi connectivity index (χ0n) is 10.2. The van der Waals surface area contributed by atoms with E-state index in [2.05, 4.69) is 85.8 Å². The maximum absolute atomic E-state index is 3.51. The zero-order chi connectivity index (χ0) is 13.1. The smallest absolute Gasteiger partial charge is 0.0701 e. The second-order valence-electron chi connectivity index (χ2n) is 4.17. The van der Waals surface area contributed by atoms with Crippen molar-refractivity contribution in [3.63, 3.8) is 0 Å².